The van der Waals surface area contributed by atoms with Crippen LogP contribution in [-0.2, 0) is 16.1 Å². The van der Waals surface area contributed by atoms with Crippen molar-refractivity contribution < 1.29 is 14.7 Å². The van der Waals surface area contributed by atoms with Crippen molar-refractivity contribution in [3.8, 4) is 0 Å². The van der Waals surface area contributed by atoms with Crippen molar-refractivity contribution >= 4 is 29.2 Å². The van der Waals surface area contributed by atoms with Crippen molar-refractivity contribution in [3.63, 3.8) is 0 Å². The van der Waals surface area contributed by atoms with Crippen molar-refractivity contribution in [2.24, 2.45) is 5.41 Å². The lowest BCUT2D eigenvalue weighted by Crippen LogP contribution is -2.59. The minimum absolute atomic E-state index is 0.0540. The van der Waals surface area contributed by atoms with Gasteiger partial charge in [0.05, 0.1) is 0 Å². The third-order valence-electron chi connectivity index (χ3n) is 5.74. The second-order valence-corrected chi connectivity index (χ2v) is 10.4. The Labute approximate surface area is 204 Å². The normalized spacial score (nSPS) is 19.0. The smallest absolute Gasteiger partial charge is 0.300 e. The first kappa shape index (κ1) is 28.8. The van der Waals surface area contributed by atoms with E-state index in [1.165, 1.54) is 19.3 Å². The van der Waals surface area contributed by atoms with Crippen LogP contribution in [0.25, 0.3) is 0 Å². The number of hydrogen-bond donors (Lipinski definition) is 3. The van der Waals surface area contributed by atoms with Crippen LogP contribution >= 0.6 is 12.2 Å². The van der Waals surface area contributed by atoms with E-state index >= 15 is 0 Å². The van der Waals surface area contributed by atoms with Gasteiger partial charge in [0.2, 0.25) is 5.91 Å². The lowest BCUT2D eigenvalue weighted by atomic mass is 9.85. The van der Waals surface area contributed by atoms with Gasteiger partial charge in [-0.1, -0.05) is 63.9 Å². The molecule has 186 valence electrons. The van der Waals surface area contributed by atoms with Crippen LogP contribution in [0.5, 0.6) is 0 Å². The van der Waals surface area contributed by atoms with Crippen LogP contribution in [-0.4, -0.2) is 71.2 Å². The molecule has 1 aromatic carbocycles. The quantitative estimate of drug-likeness (QED) is 0.540. The van der Waals surface area contributed by atoms with Gasteiger partial charge < -0.3 is 25.5 Å². The summed E-state index contributed by atoms with van der Waals surface area (Å²) in [6.45, 7) is 7.89. The largest absolute Gasteiger partial charge is 0.481 e. The summed E-state index contributed by atoms with van der Waals surface area (Å²) in [5.74, 6) is -0.779. The Bertz CT molecular complexity index is 761. The zero-order valence-corrected chi connectivity index (χ0v) is 22.0. The van der Waals surface area contributed by atoms with Crippen molar-refractivity contribution in [1.29, 1.82) is 0 Å². The number of benzene rings is 1. The fourth-order valence-electron chi connectivity index (χ4n) is 4.04. The summed E-state index contributed by atoms with van der Waals surface area (Å²) in [7, 11) is 6.11. The molecule has 2 rings (SSSR count). The average Bonchev–Trinajstić information content (AvgIpc) is 2.71. The van der Waals surface area contributed by atoms with Gasteiger partial charge in [0.25, 0.3) is 5.97 Å². The van der Waals surface area contributed by atoms with Crippen LogP contribution in [0, 0.1) is 5.41 Å². The number of carbonyl (C=O) groups is 2. The molecule has 0 radical (unpaired) electrons. The minimum Gasteiger partial charge on any atom is -0.481 e. The number of aliphatic carboxylic acids is 1. The van der Waals surface area contributed by atoms with Gasteiger partial charge in [-0.3, -0.25) is 9.59 Å². The number of carboxylic acid groups (broad SMARTS) is 1. The van der Waals surface area contributed by atoms with Crippen LogP contribution in [0.15, 0.2) is 30.3 Å². The van der Waals surface area contributed by atoms with E-state index in [1.807, 2.05) is 37.4 Å². The maximum absolute atomic E-state index is 13.3. The lowest BCUT2D eigenvalue weighted by Gasteiger charge is -2.39. The molecule has 3 atom stereocenters. The monoisotopic (exact) mass is 478 g/mol. The Balaban J connectivity index is 0.00000125. The molecular formula is C25H42N4O3S. The molecule has 1 fully saturated rings. The summed E-state index contributed by atoms with van der Waals surface area (Å²) in [4.78, 5) is 26.3. The summed E-state index contributed by atoms with van der Waals surface area (Å²) in [6, 6.07) is 10.5. The molecule has 0 spiro atoms. The number of carboxylic acids is 1. The summed E-state index contributed by atoms with van der Waals surface area (Å²) >= 11 is 5.64. The summed E-state index contributed by atoms with van der Waals surface area (Å²) < 4.78 is 0. The van der Waals surface area contributed by atoms with Crippen LogP contribution in [0.2, 0.25) is 0 Å². The van der Waals surface area contributed by atoms with Crippen molar-refractivity contribution in [1.82, 2.24) is 20.4 Å². The number of hydrogen-bond acceptors (Lipinski definition) is 4. The second kappa shape index (κ2) is 13.5. The van der Waals surface area contributed by atoms with Gasteiger partial charge >= 0.3 is 0 Å². The highest BCUT2D eigenvalue weighted by atomic mass is 32.1. The molecule has 0 bridgehead atoms. The third kappa shape index (κ3) is 10.5. The highest BCUT2D eigenvalue weighted by molar-refractivity contribution is 7.80. The molecule has 1 saturated carbocycles. The molecule has 7 nitrogen and oxygen atoms in total. The Hall–Kier alpha value is -2.19. The first-order valence-corrected chi connectivity index (χ1v) is 12.0. The first-order chi connectivity index (χ1) is 15.3. The van der Waals surface area contributed by atoms with Gasteiger partial charge in [-0.25, -0.2) is 0 Å². The van der Waals surface area contributed by atoms with Crippen LogP contribution in [0.3, 0.4) is 0 Å². The molecule has 0 saturated heterocycles. The summed E-state index contributed by atoms with van der Waals surface area (Å²) in [6.07, 6.45) is 4.75. The average molecular weight is 479 g/mol. The molecule has 0 unspecified atom stereocenters. The number of carbonyl (C=O) groups excluding carboxylic acids is 1. The number of nitrogens with zero attached hydrogens (tertiary/aromatic N) is 2. The fourth-order valence-corrected chi connectivity index (χ4v) is 4.31. The number of nitrogens with one attached hydrogen (secondary N) is 2. The van der Waals surface area contributed by atoms with E-state index in [1.54, 1.807) is 4.90 Å². The van der Waals surface area contributed by atoms with E-state index < -0.39 is 12.0 Å². The maximum atomic E-state index is 13.3. The predicted octanol–water partition coefficient (Wildman–Crippen LogP) is 3.49. The standard InChI is InChI=1S/C23H38N4OS.C2H4O2/c1-23(2,3)20(21(28)27(6)16-17-12-8-7-9-13-17)25-22(29)24-18-14-10-11-15-19(18)26(4)5;1-2(3)4/h7-9,12-13,18-20H,10-11,14-16H2,1-6H3,(H2,24,25,29);1H3,(H,3,4)/t18-,19-,20-;/m1./s1. The topological polar surface area (TPSA) is 84.9 Å². The molecule has 1 aromatic rings. The molecule has 0 aliphatic heterocycles. The fraction of sp³-hybridized carbons (Fsp3) is 0.640. The van der Waals surface area contributed by atoms with Crippen LogP contribution < -0.4 is 10.6 Å². The molecule has 3 N–H and O–H groups in total. The van der Waals surface area contributed by atoms with Gasteiger partial charge in [-0.05, 0) is 50.1 Å². The summed E-state index contributed by atoms with van der Waals surface area (Å²) in [5.41, 5.74) is 0.856. The lowest BCUT2D eigenvalue weighted by molar-refractivity contribution is -0.135. The number of likely N-dealkylation sites (N-methyl/N-ethyl adjacent to an activating group) is 2. The van der Waals surface area contributed by atoms with Crippen molar-refractivity contribution in [2.45, 2.75) is 78.0 Å². The van der Waals surface area contributed by atoms with Gasteiger partial charge in [0.15, 0.2) is 5.11 Å². The molecule has 0 aromatic heterocycles. The molecule has 33 heavy (non-hydrogen) atoms. The Morgan fingerprint density at radius 2 is 1.67 bits per heavy atom. The zero-order chi connectivity index (χ0) is 25.2. The van der Waals surface area contributed by atoms with Crippen molar-refractivity contribution in [2.75, 3.05) is 21.1 Å². The Morgan fingerprint density at radius 3 is 2.18 bits per heavy atom. The Morgan fingerprint density at radius 1 is 1.12 bits per heavy atom. The minimum atomic E-state index is -0.833. The second-order valence-electron chi connectivity index (χ2n) is 10.0. The number of rotatable bonds is 6. The predicted molar refractivity (Wildman–Crippen MR) is 138 cm³/mol. The molecular weight excluding hydrogens is 436 g/mol. The number of thiocarbonyl (C=S) groups is 1. The first-order valence-electron chi connectivity index (χ1n) is 11.5. The van der Waals surface area contributed by atoms with Crippen LogP contribution in [0.4, 0.5) is 0 Å². The van der Waals surface area contributed by atoms with E-state index in [9.17, 15) is 4.79 Å². The number of amides is 1. The molecule has 1 aliphatic carbocycles. The highest BCUT2D eigenvalue weighted by Gasteiger charge is 2.35. The molecule has 1 aliphatic rings. The van der Waals surface area contributed by atoms with E-state index in [0.29, 0.717) is 23.7 Å². The SMILES string of the molecule is CC(=O)O.CN(Cc1ccccc1)C(=O)[C@@H](NC(=S)N[C@@H]1CCCC[C@H]1N(C)C)C(C)(C)C. The Kier molecular flexibility index (Phi) is 11.8. The van der Waals surface area contributed by atoms with Crippen molar-refractivity contribution in [3.05, 3.63) is 35.9 Å². The third-order valence-corrected chi connectivity index (χ3v) is 5.97. The van der Waals surface area contributed by atoms with E-state index in [2.05, 4.69) is 50.4 Å². The molecule has 0 heterocycles. The van der Waals surface area contributed by atoms with E-state index in [-0.39, 0.29) is 11.3 Å². The van der Waals surface area contributed by atoms with Gasteiger partial charge in [0, 0.05) is 32.6 Å². The van der Waals surface area contributed by atoms with Crippen LogP contribution in [0.1, 0.15) is 58.9 Å². The summed E-state index contributed by atoms with van der Waals surface area (Å²) in [5, 5.41) is 14.8. The van der Waals surface area contributed by atoms with Gasteiger partial charge in [-0.2, -0.15) is 0 Å². The van der Waals surface area contributed by atoms with E-state index in [4.69, 9.17) is 22.1 Å². The molecule has 1 amide bonds. The highest BCUT2D eigenvalue weighted by Crippen LogP contribution is 2.23. The maximum Gasteiger partial charge on any atom is 0.300 e. The van der Waals surface area contributed by atoms with E-state index in [0.717, 1.165) is 18.9 Å². The van der Waals surface area contributed by atoms with Gasteiger partial charge in [-0.15, -0.1) is 0 Å². The van der Waals surface area contributed by atoms with Gasteiger partial charge in [0.1, 0.15) is 6.04 Å². The zero-order valence-electron chi connectivity index (χ0n) is 21.2. The molecule has 8 heteroatoms.